The van der Waals surface area contributed by atoms with E-state index in [-0.39, 0.29) is 17.4 Å². The summed E-state index contributed by atoms with van der Waals surface area (Å²) in [6.07, 6.45) is 4.41. The van der Waals surface area contributed by atoms with Crippen molar-refractivity contribution >= 4 is 17.8 Å². The molecule has 34 heavy (non-hydrogen) atoms. The topological polar surface area (TPSA) is 78.9 Å². The molecule has 2 fully saturated rings. The van der Waals surface area contributed by atoms with Crippen LogP contribution in [0.2, 0.25) is 0 Å². The van der Waals surface area contributed by atoms with Crippen molar-refractivity contribution in [2.75, 3.05) is 44.7 Å². The molecule has 0 bridgehead atoms. The number of ether oxygens (including phenoxy) is 1. The van der Waals surface area contributed by atoms with Gasteiger partial charge in [0, 0.05) is 69.3 Å². The maximum Gasteiger partial charge on any atom is 0.410 e. The van der Waals surface area contributed by atoms with E-state index in [4.69, 9.17) is 14.7 Å². The second-order valence-electron chi connectivity index (χ2n) is 11.7. The zero-order chi connectivity index (χ0) is 25.1. The molecule has 1 aliphatic heterocycles. The highest BCUT2D eigenvalue weighted by Crippen LogP contribution is 2.37. The van der Waals surface area contributed by atoms with Gasteiger partial charge < -0.3 is 19.4 Å². The number of nitrogens with zero attached hydrogens (tertiary/aromatic N) is 5. The van der Waals surface area contributed by atoms with E-state index in [0.29, 0.717) is 38.4 Å². The Balaban J connectivity index is 1.51. The molecule has 0 atom stereocenters. The van der Waals surface area contributed by atoms with Gasteiger partial charge >= 0.3 is 6.09 Å². The van der Waals surface area contributed by atoms with Crippen LogP contribution in [0.25, 0.3) is 0 Å². The van der Waals surface area contributed by atoms with Crippen molar-refractivity contribution in [3.8, 4) is 0 Å². The van der Waals surface area contributed by atoms with E-state index in [9.17, 15) is 9.59 Å². The number of carbonyl (C=O) groups is 2. The number of aromatic nitrogens is 2. The van der Waals surface area contributed by atoms with E-state index in [1.807, 2.05) is 25.7 Å². The lowest BCUT2D eigenvalue weighted by atomic mass is 9.82. The number of rotatable bonds is 6. The van der Waals surface area contributed by atoms with E-state index >= 15 is 0 Å². The van der Waals surface area contributed by atoms with Gasteiger partial charge in [-0.2, -0.15) is 0 Å². The fourth-order valence-corrected chi connectivity index (χ4v) is 4.10. The largest absolute Gasteiger partial charge is 0.444 e. The van der Waals surface area contributed by atoms with Gasteiger partial charge in [-0.05, 0) is 40.0 Å². The Kier molecular flexibility index (Phi) is 8.09. The summed E-state index contributed by atoms with van der Waals surface area (Å²) in [4.78, 5) is 40.4. The zero-order valence-corrected chi connectivity index (χ0v) is 22.2. The molecule has 190 valence electrons. The SMILES string of the molecule is CN(CCCC(=O)N1CCN(c2cc(C3CCC3)nc(C(C)(C)C)n2)CC1)C(=O)OC(C)(C)C. The predicted octanol–water partition coefficient (Wildman–Crippen LogP) is 4.34. The van der Waals surface area contributed by atoms with Gasteiger partial charge in [-0.3, -0.25) is 4.79 Å². The summed E-state index contributed by atoms with van der Waals surface area (Å²) < 4.78 is 5.37. The van der Waals surface area contributed by atoms with Crippen molar-refractivity contribution in [2.45, 2.75) is 90.6 Å². The van der Waals surface area contributed by atoms with Crippen molar-refractivity contribution in [1.82, 2.24) is 19.8 Å². The van der Waals surface area contributed by atoms with Gasteiger partial charge in [-0.1, -0.05) is 27.2 Å². The van der Waals surface area contributed by atoms with Gasteiger partial charge in [0.05, 0.1) is 0 Å². The Morgan fingerprint density at radius 2 is 1.71 bits per heavy atom. The highest BCUT2D eigenvalue weighted by molar-refractivity contribution is 5.76. The van der Waals surface area contributed by atoms with E-state index in [1.54, 1.807) is 7.05 Å². The lowest BCUT2D eigenvalue weighted by Crippen LogP contribution is -2.49. The Morgan fingerprint density at radius 1 is 1.06 bits per heavy atom. The maximum absolute atomic E-state index is 12.7. The van der Waals surface area contributed by atoms with Crippen molar-refractivity contribution < 1.29 is 14.3 Å². The van der Waals surface area contributed by atoms with E-state index < -0.39 is 5.60 Å². The van der Waals surface area contributed by atoms with Crippen molar-refractivity contribution in [3.63, 3.8) is 0 Å². The molecule has 2 heterocycles. The van der Waals surface area contributed by atoms with Crippen LogP contribution in [0.3, 0.4) is 0 Å². The molecule has 0 N–H and O–H groups in total. The summed E-state index contributed by atoms with van der Waals surface area (Å²) in [5.41, 5.74) is 0.559. The molecule has 0 radical (unpaired) electrons. The van der Waals surface area contributed by atoms with Gasteiger partial charge in [0.25, 0.3) is 0 Å². The Hall–Kier alpha value is -2.38. The number of piperazine rings is 1. The highest BCUT2D eigenvalue weighted by atomic mass is 16.6. The third-order valence-electron chi connectivity index (χ3n) is 6.47. The first-order valence-corrected chi connectivity index (χ1v) is 12.7. The van der Waals surface area contributed by atoms with E-state index in [1.165, 1.54) is 29.9 Å². The van der Waals surface area contributed by atoms with Crippen LogP contribution in [0.4, 0.5) is 10.6 Å². The first-order chi connectivity index (χ1) is 15.8. The van der Waals surface area contributed by atoms with Crippen LogP contribution in [0.1, 0.15) is 91.1 Å². The quantitative estimate of drug-likeness (QED) is 0.612. The molecule has 2 aliphatic rings. The van der Waals surface area contributed by atoms with Gasteiger partial charge in [0.1, 0.15) is 17.2 Å². The standard InChI is InChI=1S/C26H43N5O3/c1-25(2,3)23-27-20(19-10-8-11-19)18-21(28-23)30-14-16-31(17-15-30)22(32)12-9-13-29(7)24(33)34-26(4,5)6/h18-19H,8-17H2,1-7H3. The monoisotopic (exact) mass is 473 g/mol. The minimum atomic E-state index is -0.517. The van der Waals surface area contributed by atoms with Gasteiger partial charge in [0.2, 0.25) is 5.91 Å². The molecular weight excluding hydrogens is 430 g/mol. The zero-order valence-electron chi connectivity index (χ0n) is 22.2. The van der Waals surface area contributed by atoms with E-state index in [2.05, 4.69) is 31.7 Å². The average Bonchev–Trinajstić information content (AvgIpc) is 2.70. The van der Waals surface area contributed by atoms with Crippen molar-refractivity contribution in [3.05, 3.63) is 17.6 Å². The van der Waals surface area contributed by atoms with Crippen LogP contribution in [0, 0.1) is 0 Å². The summed E-state index contributed by atoms with van der Waals surface area (Å²) in [5.74, 6) is 2.60. The summed E-state index contributed by atoms with van der Waals surface area (Å²) in [7, 11) is 1.71. The molecule has 0 unspecified atom stereocenters. The molecule has 8 nitrogen and oxygen atoms in total. The minimum Gasteiger partial charge on any atom is -0.444 e. The summed E-state index contributed by atoms with van der Waals surface area (Å²) >= 11 is 0. The van der Waals surface area contributed by atoms with Crippen LogP contribution in [-0.4, -0.2) is 77.1 Å². The molecular formula is C26H43N5O3. The maximum atomic E-state index is 12.7. The van der Waals surface area contributed by atoms with Crippen LogP contribution in [0.15, 0.2) is 6.07 Å². The van der Waals surface area contributed by atoms with Crippen molar-refractivity contribution in [1.29, 1.82) is 0 Å². The summed E-state index contributed by atoms with van der Waals surface area (Å²) in [6.45, 7) is 15.4. The van der Waals surface area contributed by atoms with Crippen LogP contribution in [0.5, 0.6) is 0 Å². The van der Waals surface area contributed by atoms with Gasteiger partial charge in [-0.15, -0.1) is 0 Å². The minimum absolute atomic E-state index is 0.0985. The predicted molar refractivity (Wildman–Crippen MR) is 134 cm³/mol. The normalized spacial score (nSPS) is 17.4. The molecule has 1 saturated carbocycles. The fourth-order valence-electron chi connectivity index (χ4n) is 4.10. The Labute approximate surface area is 205 Å². The molecule has 1 aliphatic carbocycles. The highest BCUT2D eigenvalue weighted by Gasteiger charge is 2.28. The summed E-state index contributed by atoms with van der Waals surface area (Å²) in [6, 6.07) is 2.17. The molecule has 0 spiro atoms. The van der Waals surface area contributed by atoms with Crippen LogP contribution < -0.4 is 4.90 Å². The van der Waals surface area contributed by atoms with Crippen LogP contribution >= 0.6 is 0 Å². The van der Waals surface area contributed by atoms with Gasteiger partial charge in [-0.25, -0.2) is 14.8 Å². The lowest BCUT2D eigenvalue weighted by Gasteiger charge is -2.36. The number of hydrogen-bond donors (Lipinski definition) is 0. The molecule has 0 aromatic carbocycles. The van der Waals surface area contributed by atoms with E-state index in [0.717, 1.165) is 24.7 Å². The average molecular weight is 474 g/mol. The van der Waals surface area contributed by atoms with Crippen molar-refractivity contribution in [2.24, 2.45) is 0 Å². The molecule has 1 saturated heterocycles. The number of hydrogen-bond acceptors (Lipinski definition) is 6. The first kappa shape index (κ1) is 26.2. The number of carbonyl (C=O) groups excluding carboxylic acids is 2. The second kappa shape index (κ2) is 10.5. The molecule has 2 amide bonds. The first-order valence-electron chi connectivity index (χ1n) is 12.7. The summed E-state index contributed by atoms with van der Waals surface area (Å²) in [5, 5.41) is 0. The fraction of sp³-hybridized carbons (Fsp3) is 0.769. The third-order valence-corrected chi connectivity index (χ3v) is 6.47. The Bertz CT molecular complexity index is 862. The Morgan fingerprint density at radius 3 is 2.24 bits per heavy atom. The smallest absolute Gasteiger partial charge is 0.410 e. The molecule has 1 aromatic heterocycles. The number of anilines is 1. The van der Waals surface area contributed by atoms with Gasteiger partial charge in [0.15, 0.2) is 0 Å². The lowest BCUT2D eigenvalue weighted by molar-refractivity contribution is -0.131. The molecule has 8 heteroatoms. The molecule has 3 rings (SSSR count). The third kappa shape index (κ3) is 7.06. The van der Waals surface area contributed by atoms with Crippen LogP contribution in [-0.2, 0) is 14.9 Å². The number of amides is 2. The second-order valence-corrected chi connectivity index (χ2v) is 11.7. The molecule has 1 aromatic rings.